The van der Waals surface area contributed by atoms with E-state index >= 15 is 0 Å². The van der Waals surface area contributed by atoms with E-state index in [9.17, 15) is 4.79 Å². The normalized spacial score (nSPS) is 11.5. The van der Waals surface area contributed by atoms with E-state index in [-0.39, 0.29) is 0 Å². The number of carbonyl (C=O) groups is 1. The predicted octanol–water partition coefficient (Wildman–Crippen LogP) is 2.89. The summed E-state index contributed by atoms with van der Waals surface area (Å²) >= 11 is 0. The summed E-state index contributed by atoms with van der Waals surface area (Å²) in [5, 5.41) is 9.81. The van der Waals surface area contributed by atoms with E-state index in [1.54, 1.807) is 6.08 Å². The van der Waals surface area contributed by atoms with Gasteiger partial charge in [-0.25, -0.2) is 4.79 Å². The fourth-order valence-corrected chi connectivity index (χ4v) is 2.24. The van der Waals surface area contributed by atoms with Crippen molar-refractivity contribution >= 4 is 22.9 Å². The Hall–Kier alpha value is -2.03. The Balaban J connectivity index is 2.74. The molecule has 3 nitrogen and oxygen atoms in total. The second-order valence-electron chi connectivity index (χ2n) is 4.29. The highest BCUT2D eigenvalue weighted by atomic mass is 16.4. The number of carboxylic acid groups (broad SMARTS) is 1. The first-order chi connectivity index (χ1) is 8.00. The van der Waals surface area contributed by atoms with Crippen LogP contribution >= 0.6 is 0 Å². The van der Waals surface area contributed by atoms with Gasteiger partial charge in [0.25, 0.3) is 0 Å². The first-order valence-corrected chi connectivity index (χ1v) is 5.47. The number of hydrogen-bond acceptors (Lipinski definition) is 1. The lowest BCUT2D eigenvalue weighted by Crippen LogP contribution is -1.88. The smallest absolute Gasteiger partial charge is 0.328 e. The van der Waals surface area contributed by atoms with E-state index in [1.807, 2.05) is 24.7 Å². The molecular formula is C14H15NO2. The number of benzene rings is 1. The zero-order valence-corrected chi connectivity index (χ0v) is 10.2. The van der Waals surface area contributed by atoms with Gasteiger partial charge < -0.3 is 9.67 Å². The van der Waals surface area contributed by atoms with Gasteiger partial charge in [0, 0.05) is 30.3 Å². The van der Waals surface area contributed by atoms with Crippen LogP contribution in [0.2, 0.25) is 0 Å². The van der Waals surface area contributed by atoms with Crippen LogP contribution in [0.25, 0.3) is 17.0 Å². The molecule has 1 aromatic heterocycles. The minimum absolute atomic E-state index is 0.924. The minimum Gasteiger partial charge on any atom is -0.478 e. The first kappa shape index (κ1) is 11.5. The number of aromatic nitrogens is 1. The number of nitrogens with zero attached hydrogens (tertiary/aromatic N) is 1. The van der Waals surface area contributed by atoms with Crippen LogP contribution in [0.4, 0.5) is 0 Å². The summed E-state index contributed by atoms with van der Waals surface area (Å²) in [6.45, 7) is 4.10. The summed E-state index contributed by atoms with van der Waals surface area (Å²) in [4.78, 5) is 10.6. The molecule has 0 aliphatic heterocycles. The number of aliphatic carboxylic acids is 1. The molecule has 0 unspecified atom stereocenters. The average Bonchev–Trinajstić information content (AvgIpc) is 2.59. The number of hydrogen-bond donors (Lipinski definition) is 1. The third kappa shape index (κ3) is 1.96. The molecular weight excluding hydrogens is 214 g/mol. The topological polar surface area (TPSA) is 42.2 Å². The summed E-state index contributed by atoms with van der Waals surface area (Å²) in [5.74, 6) is -0.924. The summed E-state index contributed by atoms with van der Waals surface area (Å²) in [5.41, 5.74) is 4.47. The molecule has 2 aromatic rings. The molecule has 0 fully saturated rings. The molecule has 0 spiro atoms. The van der Waals surface area contributed by atoms with Crippen molar-refractivity contribution in [3.8, 4) is 0 Å². The summed E-state index contributed by atoms with van der Waals surface area (Å²) in [6.07, 6.45) is 4.79. The SMILES string of the molecule is Cc1ccc(C)c2c1c(/C=C/C(=O)O)cn2C. The van der Waals surface area contributed by atoms with Gasteiger partial charge >= 0.3 is 5.97 Å². The van der Waals surface area contributed by atoms with E-state index in [0.29, 0.717) is 0 Å². The highest BCUT2D eigenvalue weighted by Crippen LogP contribution is 2.27. The zero-order valence-electron chi connectivity index (χ0n) is 10.2. The Labute approximate surface area is 100.0 Å². The van der Waals surface area contributed by atoms with Crippen LogP contribution < -0.4 is 0 Å². The molecule has 3 heteroatoms. The predicted molar refractivity (Wildman–Crippen MR) is 69.1 cm³/mol. The maximum atomic E-state index is 10.6. The summed E-state index contributed by atoms with van der Waals surface area (Å²) in [7, 11) is 1.98. The summed E-state index contributed by atoms with van der Waals surface area (Å²) in [6, 6.07) is 4.15. The molecule has 0 aliphatic rings. The average molecular weight is 229 g/mol. The van der Waals surface area contributed by atoms with E-state index in [1.165, 1.54) is 11.6 Å². The number of carboxylic acids is 1. The lowest BCUT2D eigenvalue weighted by molar-refractivity contribution is -0.131. The van der Waals surface area contributed by atoms with Crippen molar-refractivity contribution in [2.45, 2.75) is 13.8 Å². The van der Waals surface area contributed by atoms with Gasteiger partial charge in [0.2, 0.25) is 0 Å². The number of fused-ring (bicyclic) bond motifs is 1. The third-order valence-electron chi connectivity index (χ3n) is 2.97. The molecule has 1 aromatic carbocycles. The standard InChI is InChI=1S/C14H15NO2/c1-9-4-5-10(2)14-13(9)11(8-15(14)3)6-7-12(16)17/h4-8H,1-3H3,(H,16,17)/b7-6+. The molecule has 0 atom stereocenters. The van der Waals surface area contributed by atoms with Crippen LogP contribution in [0, 0.1) is 13.8 Å². The van der Waals surface area contributed by atoms with Gasteiger partial charge in [0.15, 0.2) is 0 Å². The fourth-order valence-electron chi connectivity index (χ4n) is 2.24. The molecule has 0 saturated carbocycles. The van der Waals surface area contributed by atoms with Crippen LogP contribution in [0.5, 0.6) is 0 Å². The Kier molecular flexibility index (Phi) is 2.76. The second kappa shape index (κ2) is 4.09. The maximum Gasteiger partial charge on any atom is 0.328 e. The molecule has 0 aliphatic carbocycles. The van der Waals surface area contributed by atoms with Gasteiger partial charge in [-0.3, -0.25) is 0 Å². The second-order valence-corrected chi connectivity index (χ2v) is 4.29. The van der Waals surface area contributed by atoms with Crippen LogP contribution in [0.3, 0.4) is 0 Å². The van der Waals surface area contributed by atoms with Crippen LogP contribution in [0.15, 0.2) is 24.4 Å². The Bertz CT molecular complexity index is 621. The molecule has 0 bridgehead atoms. The Morgan fingerprint density at radius 3 is 2.59 bits per heavy atom. The lowest BCUT2D eigenvalue weighted by Gasteiger charge is -2.03. The quantitative estimate of drug-likeness (QED) is 0.804. The maximum absolute atomic E-state index is 10.6. The van der Waals surface area contributed by atoms with Crippen LogP contribution in [0.1, 0.15) is 16.7 Å². The zero-order chi connectivity index (χ0) is 12.6. The molecule has 1 N–H and O–H groups in total. The molecule has 17 heavy (non-hydrogen) atoms. The third-order valence-corrected chi connectivity index (χ3v) is 2.97. The van der Waals surface area contributed by atoms with Crippen LogP contribution in [-0.2, 0) is 11.8 Å². The van der Waals surface area contributed by atoms with Crippen molar-refractivity contribution in [3.63, 3.8) is 0 Å². The van der Waals surface area contributed by atoms with Crippen molar-refractivity contribution in [3.05, 3.63) is 41.1 Å². The molecule has 2 rings (SSSR count). The van der Waals surface area contributed by atoms with Gasteiger partial charge in [-0.1, -0.05) is 12.1 Å². The van der Waals surface area contributed by atoms with Gasteiger partial charge in [-0.05, 0) is 31.1 Å². The minimum atomic E-state index is -0.924. The van der Waals surface area contributed by atoms with Crippen molar-refractivity contribution in [1.29, 1.82) is 0 Å². The lowest BCUT2D eigenvalue weighted by atomic mass is 10.0. The molecule has 0 radical (unpaired) electrons. The Morgan fingerprint density at radius 2 is 1.94 bits per heavy atom. The number of rotatable bonds is 2. The molecule has 0 amide bonds. The van der Waals surface area contributed by atoms with Gasteiger partial charge in [-0.2, -0.15) is 0 Å². The van der Waals surface area contributed by atoms with E-state index in [4.69, 9.17) is 5.11 Å². The monoisotopic (exact) mass is 229 g/mol. The molecule has 0 saturated heterocycles. The van der Waals surface area contributed by atoms with Gasteiger partial charge in [-0.15, -0.1) is 0 Å². The van der Waals surface area contributed by atoms with Gasteiger partial charge in [0.1, 0.15) is 0 Å². The largest absolute Gasteiger partial charge is 0.478 e. The van der Waals surface area contributed by atoms with E-state index < -0.39 is 5.97 Å². The van der Waals surface area contributed by atoms with Crippen molar-refractivity contribution in [2.75, 3.05) is 0 Å². The highest BCUT2D eigenvalue weighted by Gasteiger charge is 2.09. The molecule has 88 valence electrons. The summed E-state index contributed by atoms with van der Waals surface area (Å²) < 4.78 is 2.04. The van der Waals surface area contributed by atoms with Crippen LogP contribution in [-0.4, -0.2) is 15.6 Å². The fraction of sp³-hybridized carbons (Fsp3) is 0.214. The van der Waals surface area contributed by atoms with Crippen molar-refractivity contribution in [2.24, 2.45) is 7.05 Å². The Morgan fingerprint density at radius 1 is 1.29 bits per heavy atom. The van der Waals surface area contributed by atoms with E-state index in [0.717, 1.165) is 22.0 Å². The van der Waals surface area contributed by atoms with Crippen molar-refractivity contribution < 1.29 is 9.90 Å². The van der Waals surface area contributed by atoms with Gasteiger partial charge in [0.05, 0.1) is 5.52 Å². The highest BCUT2D eigenvalue weighted by molar-refractivity contribution is 5.96. The van der Waals surface area contributed by atoms with E-state index in [2.05, 4.69) is 19.1 Å². The molecule has 1 heterocycles. The first-order valence-electron chi connectivity index (χ1n) is 5.47. The number of aryl methyl sites for hydroxylation is 3. The van der Waals surface area contributed by atoms with Crippen molar-refractivity contribution in [1.82, 2.24) is 4.57 Å².